The third-order valence-electron chi connectivity index (χ3n) is 3.20. The van der Waals surface area contributed by atoms with Crippen LogP contribution in [-0.2, 0) is 0 Å². The van der Waals surface area contributed by atoms with Crippen LogP contribution in [0, 0.1) is 10.1 Å². The van der Waals surface area contributed by atoms with E-state index in [0.29, 0.717) is 0 Å². The van der Waals surface area contributed by atoms with Crippen molar-refractivity contribution in [2.24, 2.45) is 0 Å². The first-order chi connectivity index (χ1) is 9.97. The lowest BCUT2D eigenvalue weighted by molar-refractivity contribution is -0.383. The van der Waals surface area contributed by atoms with Gasteiger partial charge in [-0.2, -0.15) is 0 Å². The second kappa shape index (κ2) is 6.64. The molecule has 0 spiro atoms. The minimum Gasteiger partial charge on any atom is -0.362 e. The lowest BCUT2D eigenvalue weighted by Crippen LogP contribution is -2.47. The summed E-state index contributed by atoms with van der Waals surface area (Å²) >= 11 is 0. The van der Waals surface area contributed by atoms with Crippen molar-refractivity contribution in [3.05, 3.63) is 16.4 Å². The third-order valence-corrected chi connectivity index (χ3v) is 3.20. The summed E-state index contributed by atoms with van der Waals surface area (Å²) in [6, 6.07) is 0.0510. The molecule has 0 unspecified atom stereocenters. The number of aromatic nitrogens is 2. The molecule has 0 radical (unpaired) electrons. The van der Waals surface area contributed by atoms with Crippen molar-refractivity contribution in [1.29, 1.82) is 0 Å². The molecule has 2 rings (SSSR count). The number of hydrogen-bond donors (Lipinski definition) is 2. The van der Waals surface area contributed by atoms with Gasteiger partial charge in [0.15, 0.2) is 0 Å². The SMILES string of the molecule is CC(C)Nc1ncnc(NN2CCN(C)CC2)c1[N+](=O)[O-]. The van der Waals surface area contributed by atoms with Crippen LogP contribution >= 0.6 is 0 Å². The number of hydrogen-bond acceptors (Lipinski definition) is 8. The predicted molar refractivity (Wildman–Crippen MR) is 80.1 cm³/mol. The van der Waals surface area contributed by atoms with E-state index < -0.39 is 4.92 Å². The summed E-state index contributed by atoms with van der Waals surface area (Å²) in [7, 11) is 2.05. The third kappa shape index (κ3) is 3.99. The number of piperazine rings is 1. The standard InChI is InChI=1S/C12H21N7O2/c1-9(2)15-11-10(19(20)21)12(14-8-13-11)16-18-6-4-17(3)5-7-18/h8-9H,4-7H2,1-3H3,(H2,13,14,15,16). The highest BCUT2D eigenvalue weighted by Crippen LogP contribution is 2.29. The molecular weight excluding hydrogens is 274 g/mol. The van der Waals surface area contributed by atoms with Gasteiger partial charge in [-0.3, -0.25) is 15.5 Å². The Hall–Kier alpha value is -2.00. The van der Waals surface area contributed by atoms with Gasteiger partial charge in [0.25, 0.3) is 0 Å². The number of anilines is 2. The maximum absolute atomic E-state index is 11.3. The van der Waals surface area contributed by atoms with Gasteiger partial charge < -0.3 is 10.2 Å². The van der Waals surface area contributed by atoms with Crippen LogP contribution in [-0.4, -0.2) is 64.1 Å². The first-order valence-corrected chi connectivity index (χ1v) is 6.93. The van der Waals surface area contributed by atoms with Gasteiger partial charge in [-0.25, -0.2) is 15.0 Å². The summed E-state index contributed by atoms with van der Waals surface area (Å²) in [6.45, 7) is 7.18. The molecule has 1 aromatic heterocycles. The highest BCUT2D eigenvalue weighted by Gasteiger charge is 2.25. The smallest absolute Gasteiger partial charge is 0.354 e. The van der Waals surface area contributed by atoms with Crippen LogP contribution in [0.3, 0.4) is 0 Å². The second-order valence-electron chi connectivity index (χ2n) is 5.38. The van der Waals surface area contributed by atoms with Crippen LogP contribution in [0.1, 0.15) is 13.8 Å². The van der Waals surface area contributed by atoms with Gasteiger partial charge in [-0.15, -0.1) is 0 Å². The van der Waals surface area contributed by atoms with Crippen molar-refractivity contribution in [1.82, 2.24) is 19.9 Å². The molecule has 0 amide bonds. The van der Waals surface area contributed by atoms with E-state index in [1.807, 2.05) is 18.9 Å². The van der Waals surface area contributed by atoms with E-state index in [1.54, 1.807) is 0 Å². The molecule has 9 nitrogen and oxygen atoms in total. The number of rotatable bonds is 5. The Morgan fingerprint density at radius 3 is 2.43 bits per heavy atom. The van der Waals surface area contributed by atoms with E-state index in [0.717, 1.165) is 26.2 Å². The van der Waals surface area contributed by atoms with Crippen molar-refractivity contribution in [2.75, 3.05) is 44.0 Å². The van der Waals surface area contributed by atoms with Gasteiger partial charge in [0.2, 0.25) is 11.6 Å². The fourth-order valence-electron chi connectivity index (χ4n) is 2.08. The average Bonchev–Trinajstić information content (AvgIpc) is 2.40. The fourth-order valence-corrected chi connectivity index (χ4v) is 2.08. The van der Waals surface area contributed by atoms with Gasteiger partial charge in [-0.05, 0) is 20.9 Å². The minimum absolute atomic E-state index is 0.0510. The Morgan fingerprint density at radius 2 is 1.86 bits per heavy atom. The Morgan fingerprint density at radius 1 is 1.24 bits per heavy atom. The fraction of sp³-hybridized carbons (Fsp3) is 0.667. The van der Waals surface area contributed by atoms with E-state index in [1.165, 1.54) is 6.33 Å². The Kier molecular flexibility index (Phi) is 4.86. The molecule has 1 fully saturated rings. The molecule has 1 saturated heterocycles. The molecule has 1 aliphatic rings. The summed E-state index contributed by atoms with van der Waals surface area (Å²) in [5.74, 6) is 0.462. The second-order valence-corrected chi connectivity index (χ2v) is 5.38. The highest BCUT2D eigenvalue weighted by atomic mass is 16.6. The summed E-state index contributed by atoms with van der Waals surface area (Å²) in [4.78, 5) is 21.1. The van der Waals surface area contributed by atoms with Crippen LogP contribution < -0.4 is 10.7 Å². The molecule has 0 atom stereocenters. The maximum atomic E-state index is 11.3. The molecular formula is C12H21N7O2. The van der Waals surface area contributed by atoms with Gasteiger partial charge in [-0.1, -0.05) is 0 Å². The maximum Gasteiger partial charge on any atom is 0.354 e. The molecule has 0 saturated carbocycles. The molecule has 21 heavy (non-hydrogen) atoms. The van der Waals surface area contributed by atoms with Gasteiger partial charge in [0.1, 0.15) is 6.33 Å². The lowest BCUT2D eigenvalue weighted by atomic mass is 10.3. The van der Waals surface area contributed by atoms with Crippen LogP contribution in [0.5, 0.6) is 0 Å². The number of nitrogens with one attached hydrogen (secondary N) is 2. The number of nitro groups is 1. The number of likely N-dealkylation sites (N-methyl/N-ethyl adjacent to an activating group) is 1. The molecule has 1 aliphatic heterocycles. The molecule has 9 heteroatoms. The van der Waals surface area contributed by atoms with Crippen LogP contribution in [0.2, 0.25) is 0 Å². The monoisotopic (exact) mass is 295 g/mol. The molecule has 1 aromatic rings. The van der Waals surface area contributed by atoms with Crippen LogP contribution in [0.15, 0.2) is 6.33 Å². The average molecular weight is 295 g/mol. The zero-order valence-electron chi connectivity index (χ0n) is 12.5. The predicted octanol–water partition coefficient (Wildman–Crippen LogP) is 0.779. The van der Waals surface area contributed by atoms with Gasteiger partial charge >= 0.3 is 5.69 Å². The van der Waals surface area contributed by atoms with Crippen molar-refractivity contribution < 1.29 is 4.92 Å². The zero-order chi connectivity index (χ0) is 15.4. The largest absolute Gasteiger partial charge is 0.362 e. The highest BCUT2D eigenvalue weighted by molar-refractivity contribution is 5.69. The molecule has 0 aromatic carbocycles. The van der Waals surface area contributed by atoms with Crippen LogP contribution in [0.25, 0.3) is 0 Å². The van der Waals surface area contributed by atoms with E-state index in [9.17, 15) is 10.1 Å². The summed E-state index contributed by atoms with van der Waals surface area (Å²) in [5.41, 5.74) is 2.92. The summed E-state index contributed by atoms with van der Waals surface area (Å²) in [5, 5.41) is 16.3. The first kappa shape index (κ1) is 15.4. The van der Waals surface area contributed by atoms with Crippen LogP contribution in [0.4, 0.5) is 17.3 Å². The Bertz CT molecular complexity index is 500. The van der Waals surface area contributed by atoms with E-state index in [2.05, 4.69) is 32.7 Å². The molecule has 0 aliphatic carbocycles. The number of hydrazine groups is 1. The van der Waals surface area contributed by atoms with Crippen molar-refractivity contribution in [2.45, 2.75) is 19.9 Å². The van der Waals surface area contributed by atoms with Crippen molar-refractivity contribution in [3.8, 4) is 0 Å². The first-order valence-electron chi connectivity index (χ1n) is 6.93. The van der Waals surface area contributed by atoms with Gasteiger partial charge in [0, 0.05) is 32.2 Å². The quantitative estimate of drug-likeness (QED) is 0.607. The van der Waals surface area contributed by atoms with E-state index in [4.69, 9.17) is 0 Å². The Labute approximate surface area is 123 Å². The zero-order valence-corrected chi connectivity index (χ0v) is 12.5. The minimum atomic E-state index is -0.455. The molecule has 2 heterocycles. The Balaban J connectivity index is 2.20. The van der Waals surface area contributed by atoms with Gasteiger partial charge in [0.05, 0.1) is 4.92 Å². The van der Waals surface area contributed by atoms with E-state index in [-0.39, 0.29) is 23.4 Å². The lowest BCUT2D eigenvalue weighted by Gasteiger charge is -2.32. The van der Waals surface area contributed by atoms with Crippen molar-refractivity contribution >= 4 is 17.3 Å². The molecule has 2 N–H and O–H groups in total. The normalized spacial score (nSPS) is 17.0. The molecule has 116 valence electrons. The summed E-state index contributed by atoms with van der Waals surface area (Å²) < 4.78 is 0. The van der Waals surface area contributed by atoms with Crippen molar-refractivity contribution in [3.63, 3.8) is 0 Å². The molecule has 0 bridgehead atoms. The van der Waals surface area contributed by atoms with E-state index >= 15 is 0 Å². The topological polar surface area (TPSA) is 99.5 Å². The number of nitrogens with zero attached hydrogens (tertiary/aromatic N) is 5. The summed E-state index contributed by atoms with van der Waals surface area (Å²) in [6.07, 6.45) is 1.33.